The van der Waals surface area contributed by atoms with Gasteiger partial charge in [-0.05, 0) is 13.0 Å². The first kappa shape index (κ1) is 10.9. The lowest BCUT2D eigenvalue weighted by Gasteiger charge is -2.21. The number of aromatic nitrogens is 2. The van der Waals surface area contributed by atoms with Gasteiger partial charge in [-0.1, -0.05) is 0 Å². The van der Waals surface area contributed by atoms with Crippen LogP contribution in [0.5, 0.6) is 0 Å². The monoisotopic (exact) mass is 225 g/mol. The molecule has 0 aliphatic carbocycles. The van der Waals surface area contributed by atoms with E-state index in [1.807, 2.05) is 24.8 Å². The molecule has 1 fully saturated rings. The second-order valence-electron chi connectivity index (χ2n) is 3.50. The van der Waals surface area contributed by atoms with E-state index in [0.717, 1.165) is 35.3 Å². The van der Waals surface area contributed by atoms with Crippen molar-refractivity contribution >= 4 is 11.8 Å². The van der Waals surface area contributed by atoms with Gasteiger partial charge in [0.25, 0.3) is 0 Å². The van der Waals surface area contributed by atoms with E-state index in [1.165, 1.54) is 0 Å². The molecule has 1 atom stereocenters. The first-order valence-electron chi connectivity index (χ1n) is 5.03. The molecule has 4 nitrogen and oxygen atoms in total. The molecular formula is C10H15N3OS. The number of aryl methyl sites for hydroxylation is 1. The van der Waals surface area contributed by atoms with E-state index in [2.05, 4.69) is 9.97 Å². The molecule has 2 heterocycles. The predicted molar refractivity (Wildman–Crippen MR) is 60.7 cm³/mol. The number of rotatable bonds is 2. The van der Waals surface area contributed by atoms with Crippen LogP contribution in [-0.2, 0) is 11.3 Å². The highest BCUT2D eigenvalue weighted by Crippen LogP contribution is 2.24. The molecule has 1 saturated heterocycles. The summed E-state index contributed by atoms with van der Waals surface area (Å²) in [6.45, 7) is 3.20. The molecule has 0 radical (unpaired) electrons. The van der Waals surface area contributed by atoms with Gasteiger partial charge < -0.3 is 10.5 Å². The smallest absolute Gasteiger partial charge is 0.158 e. The Kier molecular flexibility index (Phi) is 3.56. The fourth-order valence-electron chi connectivity index (χ4n) is 1.54. The molecule has 0 aromatic carbocycles. The molecule has 15 heavy (non-hydrogen) atoms. The molecule has 2 N–H and O–H groups in total. The number of nitrogens with two attached hydrogens (primary N) is 1. The molecule has 1 aliphatic rings. The first-order valence-corrected chi connectivity index (χ1v) is 6.19. The van der Waals surface area contributed by atoms with Crippen molar-refractivity contribution in [2.45, 2.75) is 19.6 Å². The van der Waals surface area contributed by atoms with Crippen molar-refractivity contribution in [3.63, 3.8) is 0 Å². The van der Waals surface area contributed by atoms with Crippen molar-refractivity contribution in [1.82, 2.24) is 9.97 Å². The minimum absolute atomic E-state index is 0.0361. The Morgan fingerprint density at radius 1 is 1.60 bits per heavy atom. The lowest BCUT2D eigenvalue weighted by Crippen LogP contribution is -2.19. The summed E-state index contributed by atoms with van der Waals surface area (Å²) in [5.74, 6) is 2.78. The van der Waals surface area contributed by atoms with Gasteiger partial charge in [-0.25, -0.2) is 9.97 Å². The van der Waals surface area contributed by atoms with E-state index in [-0.39, 0.29) is 6.10 Å². The van der Waals surface area contributed by atoms with Crippen LogP contribution in [0.3, 0.4) is 0 Å². The van der Waals surface area contributed by atoms with Crippen molar-refractivity contribution in [1.29, 1.82) is 0 Å². The van der Waals surface area contributed by atoms with E-state index in [1.54, 1.807) is 0 Å². The molecule has 1 aromatic rings. The van der Waals surface area contributed by atoms with E-state index >= 15 is 0 Å². The van der Waals surface area contributed by atoms with Gasteiger partial charge in [0.1, 0.15) is 6.10 Å². The highest BCUT2D eigenvalue weighted by molar-refractivity contribution is 7.99. The van der Waals surface area contributed by atoms with Crippen LogP contribution in [0.1, 0.15) is 23.3 Å². The van der Waals surface area contributed by atoms with Crippen molar-refractivity contribution < 1.29 is 4.74 Å². The quantitative estimate of drug-likeness (QED) is 0.815. The third kappa shape index (κ3) is 2.68. The van der Waals surface area contributed by atoms with Gasteiger partial charge in [-0.3, -0.25) is 0 Å². The standard InChI is InChI=1S/C10H15N3OS/c1-7-4-8(5-11)13-10(12-7)9-6-15-3-2-14-9/h4,9H,2-3,5-6,11H2,1H3. The molecule has 1 unspecified atom stereocenters. The van der Waals surface area contributed by atoms with Crippen LogP contribution in [0.2, 0.25) is 0 Å². The average molecular weight is 225 g/mol. The molecular weight excluding hydrogens is 210 g/mol. The minimum atomic E-state index is 0.0361. The third-order valence-corrected chi connectivity index (χ3v) is 3.23. The molecule has 82 valence electrons. The largest absolute Gasteiger partial charge is 0.368 e. The van der Waals surface area contributed by atoms with Crippen LogP contribution in [-0.4, -0.2) is 28.1 Å². The van der Waals surface area contributed by atoms with Crippen LogP contribution >= 0.6 is 11.8 Å². The fraction of sp³-hybridized carbons (Fsp3) is 0.600. The summed E-state index contributed by atoms with van der Waals surface area (Å²) >= 11 is 1.88. The van der Waals surface area contributed by atoms with Crippen molar-refractivity contribution in [2.75, 3.05) is 18.1 Å². The van der Waals surface area contributed by atoms with E-state index in [4.69, 9.17) is 10.5 Å². The van der Waals surface area contributed by atoms with Crippen LogP contribution in [0.15, 0.2) is 6.07 Å². The van der Waals surface area contributed by atoms with Crippen molar-refractivity contribution in [3.8, 4) is 0 Å². The van der Waals surface area contributed by atoms with Gasteiger partial charge in [0, 0.05) is 23.7 Å². The number of nitrogens with zero attached hydrogens (tertiary/aromatic N) is 2. The van der Waals surface area contributed by atoms with Crippen molar-refractivity contribution in [3.05, 3.63) is 23.3 Å². The van der Waals surface area contributed by atoms with Crippen LogP contribution < -0.4 is 5.73 Å². The number of hydrogen-bond acceptors (Lipinski definition) is 5. The number of thioether (sulfide) groups is 1. The van der Waals surface area contributed by atoms with Crippen LogP contribution in [0.25, 0.3) is 0 Å². The molecule has 0 spiro atoms. The van der Waals surface area contributed by atoms with E-state index in [0.29, 0.717) is 6.54 Å². The molecule has 5 heteroatoms. The zero-order valence-electron chi connectivity index (χ0n) is 8.77. The zero-order valence-corrected chi connectivity index (χ0v) is 9.59. The summed E-state index contributed by atoms with van der Waals surface area (Å²) in [7, 11) is 0. The fourth-order valence-corrected chi connectivity index (χ4v) is 2.38. The Balaban J connectivity index is 2.22. The normalized spacial score (nSPS) is 21.6. The summed E-state index contributed by atoms with van der Waals surface area (Å²) in [5.41, 5.74) is 7.42. The van der Waals surface area contributed by atoms with Crippen molar-refractivity contribution in [2.24, 2.45) is 5.73 Å². The van der Waals surface area contributed by atoms with Gasteiger partial charge in [0.05, 0.1) is 12.3 Å². The zero-order chi connectivity index (χ0) is 10.7. The number of ether oxygens (including phenoxy) is 1. The van der Waals surface area contributed by atoms with Gasteiger partial charge in [0.15, 0.2) is 5.82 Å². The average Bonchev–Trinajstić information content (AvgIpc) is 2.29. The van der Waals surface area contributed by atoms with Gasteiger partial charge in [-0.15, -0.1) is 0 Å². The van der Waals surface area contributed by atoms with Crippen LogP contribution in [0.4, 0.5) is 0 Å². The summed E-state index contributed by atoms with van der Waals surface area (Å²) < 4.78 is 5.63. The minimum Gasteiger partial charge on any atom is -0.368 e. The molecule has 2 rings (SSSR count). The van der Waals surface area contributed by atoms with Gasteiger partial charge in [0.2, 0.25) is 0 Å². The topological polar surface area (TPSA) is 61.0 Å². The second kappa shape index (κ2) is 4.92. The Hall–Kier alpha value is -0.650. The molecule has 0 saturated carbocycles. The summed E-state index contributed by atoms with van der Waals surface area (Å²) in [6, 6.07) is 1.92. The lowest BCUT2D eigenvalue weighted by atomic mass is 10.3. The van der Waals surface area contributed by atoms with Crippen LogP contribution in [0, 0.1) is 6.92 Å². The maximum atomic E-state index is 5.63. The second-order valence-corrected chi connectivity index (χ2v) is 4.65. The third-order valence-electron chi connectivity index (χ3n) is 2.24. The summed E-state index contributed by atoms with van der Waals surface area (Å²) in [6.07, 6.45) is 0.0361. The van der Waals surface area contributed by atoms with Gasteiger partial charge in [-0.2, -0.15) is 11.8 Å². The van der Waals surface area contributed by atoms with E-state index in [9.17, 15) is 0 Å². The Morgan fingerprint density at radius 2 is 2.47 bits per heavy atom. The van der Waals surface area contributed by atoms with E-state index < -0.39 is 0 Å². The highest BCUT2D eigenvalue weighted by atomic mass is 32.2. The highest BCUT2D eigenvalue weighted by Gasteiger charge is 2.19. The summed E-state index contributed by atoms with van der Waals surface area (Å²) in [5, 5.41) is 0. The Labute approximate surface area is 93.6 Å². The molecule has 0 amide bonds. The molecule has 1 aliphatic heterocycles. The Morgan fingerprint density at radius 3 is 3.13 bits per heavy atom. The maximum absolute atomic E-state index is 5.63. The summed E-state index contributed by atoms with van der Waals surface area (Å²) in [4.78, 5) is 8.80. The number of hydrogen-bond donors (Lipinski definition) is 1. The molecule has 1 aromatic heterocycles. The molecule has 0 bridgehead atoms. The maximum Gasteiger partial charge on any atom is 0.158 e. The SMILES string of the molecule is Cc1cc(CN)nc(C2CSCCO2)n1. The van der Waals surface area contributed by atoms with Gasteiger partial charge >= 0.3 is 0 Å². The lowest BCUT2D eigenvalue weighted by molar-refractivity contribution is 0.0691. The predicted octanol–water partition coefficient (Wildman–Crippen LogP) is 1.05. The Bertz CT molecular complexity index is 339. The first-order chi connectivity index (χ1) is 7.29.